The topological polar surface area (TPSA) is 107 Å². The molecule has 3 aliphatic heterocycles. The molecule has 2 unspecified atom stereocenters. The van der Waals surface area contributed by atoms with Crippen LogP contribution in [-0.4, -0.2) is 89.9 Å². The van der Waals surface area contributed by atoms with Crippen LogP contribution in [0.4, 0.5) is 10.6 Å². The maximum atomic E-state index is 12.6. The van der Waals surface area contributed by atoms with E-state index < -0.39 is 11.6 Å². The Kier molecular flexibility index (Phi) is 6.91. The number of hydrogen-bond acceptors (Lipinski definition) is 9. The molecule has 1 aromatic heterocycles. The van der Waals surface area contributed by atoms with Crippen molar-refractivity contribution >= 4 is 11.9 Å². The van der Waals surface area contributed by atoms with Gasteiger partial charge in [-0.15, -0.1) is 0 Å². The van der Waals surface area contributed by atoms with Crippen molar-refractivity contribution in [2.45, 2.75) is 64.3 Å². The first-order valence-electron chi connectivity index (χ1n) is 11.8. The summed E-state index contributed by atoms with van der Waals surface area (Å²) >= 11 is 0. The lowest BCUT2D eigenvalue weighted by atomic mass is 10.0. The molecule has 180 valence electrons. The summed E-state index contributed by atoms with van der Waals surface area (Å²) in [7, 11) is 2.12. The number of hydrogen-bond donors (Lipinski definition) is 1. The largest absolute Gasteiger partial charge is 0.462 e. The SMILES string of the molecule is CN1CCCC1COc1nc2c(c(N3CCN(C(=O)OC(C)(C)C)CC3C#N)n1)CCNC2. The molecule has 2 fully saturated rings. The Bertz CT molecular complexity index is 911. The van der Waals surface area contributed by atoms with Crippen LogP contribution in [0.15, 0.2) is 0 Å². The van der Waals surface area contributed by atoms with E-state index in [2.05, 4.69) is 28.3 Å². The van der Waals surface area contributed by atoms with E-state index in [4.69, 9.17) is 14.5 Å². The Morgan fingerprint density at radius 3 is 2.79 bits per heavy atom. The maximum absolute atomic E-state index is 12.6. The van der Waals surface area contributed by atoms with E-state index in [1.54, 1.807) is 4.90 Å². The summed E-state index contributed by atoms with van der Waals surface area (Å²) in [5.74, 6) is 0.756. The van der Waals surface area contributed by atoms with Gasteiger partial charge in [-0.2, -0.15) is 15.2 Å². The lowest BCUT2D eigenvalue weighted by Gasteiger charge is -2.40. The van der Waals surface area contributed by atoms with Crippen LogP contribution in [-0.2, 0) is 17.7 Å². The van der Waals surface area contributed by atoms with Gasteiger partial charge in [0.15, 0.2) is 0 Å². The van der Waals surface area contributed by atoms with Gasteiger partial charge in [-0.3, -0.25) is 0 Å². The minimum absolute atomic E-state index is 0.269. The molecule has 0 bridgehead atoms. The summed E-state index contributed by atoms with van der Waals surface area (Å²) in [6.07, 6.45) is 2.69. The highest BCUT2D eigenvalue weighted by Gasteiger charge is 2.35. The van der Waals surface area contributed by atoms with Crippen LogP contribution in [0, 0.1) is 11.3 Å². The molecule has 0 aromatic carbocycles. The fourth-order valence-electron chi connectivity index (χ4n) is 4.62. The Morgan fingerprint density at radius 2 is 2.09 bits per heavy atom. The van der Waals surface area contributed by atoms with Gasteiger partial charge < -0.3 is 29.5 Å². The fraction of sp³-hybridized carbons (Fsp3) is 0.739. The third-order valence-corrected chi connectivity index (χ3v) is 6.42. The molecule has 33 heavy (non-hydrogen) atoms. The second-order valence-electron chi connectivity index (χ2n) is 10.0. The van der Waals surface area contributed by atoms with E-state index in [0.29, 0.717) is 38.3 Å². The molecule has 0 aliphatic carbocycles. The second-order valence-corrected chi connectivity index (χ2v) is 10.0. The zero-order valence-electron chi connectivity index (χ0n) is 20.1. The monoisotopic (exact) mass is 457 g/mol. The Morgan fingerprint density at radius 1 is 1.27 bits per heavy atom. The van der Waals surface area contributed by atoms with Gasteiger partial charge >= 0.3 is 12.1 Å². The predicted molar refractivity (Wildman–Crippen MR) is 123 cm³/mol. The van der Waals surface area contributed by atoms with Crippen molar-refractivity contribution in [3.05, 3.63) is 11.3 Å². The highest BCUT2D eigenvalue weighted by atomic mass is 16.6. The third kappa shape index (κ3) is 5.47. The van der Waals surface area contributed by atoms with Crippen molar-refractivity contribution in [1.82, 2.24) is 25.1 Å². The number of fused-ring (bicyclic) bond motifs is 1. The Balaban J connectivity index is 1.54. The maximum Gasteiger partial charge on any atom is 0.410 e. The molecule has 0 radical (unpaired) electrons. The number of amides is 1. The minimum atomic E-state index is -0.575. The number of nitrogens with zero attached hydrogens (tertiary/aromatic N) is 6. The number of anilines is 1. The second kappa shape index (κ2) is 9.69. The van der Waals surface area contributed by atoms with Crippen LogP contribution >= 0.6 is 0 Å². The molecule has 3 aliphatic rings. The molecular weight excluding hydrogens is 422 g/mol. The number of likely N-dealkylation sites (N-methyl/N-ethyl adjacent to an activating group) is 1. The minimum Gasteiger partial charge on any atom is -0.462 e. The lowest BCUT2D eigenvalue weighted by Crippen LogP contribution is -2.55. The van der Waals surface area contributed by atoms with Gasteiger partial charge in [-0.05, 0) is 60.2 Å². The first-order chi connectivity index (χ1) is 15.7. The zero-order valence-corrected chi connectivity index (χ0v) is 20.1. The van der Waals surface area contributed by atoms with Crippen LogP contribution in [0.1, 0.15) is 44.9 Å². The number of carbonyl (C=O) groups is 1. The van der Waals surface area contributed by atoms with Crippen molar-refractivity contribution in [3.8, 4) is 12.1 Å². The molecule has 1 aromatic rings. The van der Waals surface area contributed by atoms with Crippen LogP contribution in [0.2, 0.25) is 0 Å². The van der Waals surface area contributed by atoms with Crippen LogP contribution in [0.5, 0.6) is 6.01 Å². The van der Waals surface area contributed by atoms with Crippen LogP contribution in [0.3, 0.4) is 0 Å². The quantitative estimate of drug-likeness (QED) is 0.720. The summed E-state index contributed by atoms with van der Waals surface area (Å²) < 4.78 is 11.6. The highest BCUT2D eigenvalue weighted by Crippen LogP contribution is 2.29. The molecule has 4 rings (SSSR count). The van der Waals surface area contributed by atoms with Crippen LogP contribution < -0.4 is 15.0 Å². The van der Waals surface area contributed by atoms with Crippen molar-refractivity contribution in [2.24, 2.45) is 0 Å². The number of ether oxygens (including phenoxy) is 2. The number of carbonyl (C=O) groups excluding carboxylic acids is 1. The van der Waals surface area contributed by atoms with Gasteiger partial charge in [0.2, 0.25) is 0 Å². The first kappa shape index (κ1) is 23.5. The molecular formula is C23H35N7O3. The predicted octanol–water partition coefficient (Wildman–Crippen LogP) is 1.54. The van der Waals surface area contributed by atoms with E-state index in [1.165, 1.54) is 6.42 Å². The Hall–Kier alpha value is -2.64. The molecule has 10 nitrogen and oxygen atoms in total. The lowest BCUT2D eigenvalue weighted by molar-refractivity contribution is 0.0226. The van der Waals surface area contributed by atoms with Gasteiger partial charge in [-0.1, -0.05) is 0 Å². The normalized spacial score (nSPS) is 23.7. The Labute approximate surface area is 195 Å². The van der Waals surface area contributed by atoms with Crippen molar-refractivity contribution in [2.75, 3.05) is 51.3 Å². The smallest absolute Gasteiger partial charge is 0.410 e. The number of piperazine rings is 1. The average molecular weight is 458 g/mol. The number of likely N-dealkylation sites (tertiary alicyclic amines) is 1. The molecule has 4 heterocycles. The molecule has 1 N–H and O–H groups in total. The van der Waals surface area contributed by atoms with E-state index in [-0.39, 0.29) is 12.6 Å². The molecule has 1 amide bonds. The van der Waals surface area contributed by atoms with Crippen LogP contribution in [0.25, 0.3) is 0 Å². The van der Waals surface area contributed by atoms with Gasteiger partial charge in [0.1, 0.15) is 24.1 Å². The van der Waals surface area contributed by atoms with Crippen molar-refractivity contribution in [1.29, 1.82) is 5.26 Å². The van der Waals surface area contributed by atoms with Crippen molar-refractivity contribution in [3.63, 3.8) is 0 Å². The summed E-state index contributed by atoms with van der Waals surface area (Å²) in [5, 5.41) is 13.3. The fourth-order valence-corrected chi connectivity index (χ4v) is 4.62. The van der Waals surface area contributed by atoms with Gasteiger partial charge in [0, 0.05) is 31.2 Å². The number of nitriles is 1. The molecule has 2 atom stereocenters. The van der Waals surface area contributed by atoms with Crippen molar-refractivity contribution < 1.29 is 14.3 Å². The molecule has 10 heteroatoms. The molecule has 2 saturated heterocycles. The molecule has 0 spiro atoms. The van der Waals surface area contributed by atoms with E-state index in [1.807, 2.05) is 25.7 Å². The summed E-state index contributed by atoms with van der Waals surface area (Å²) in [6, 6.07) is 2.57. The number of nitrogens with one attached hydrogen (secondary N) is 1. The van der Waals surface area contributed by atoms with Gasteiger partial charge in [-0.25, -0.2) is 4.79 Å². The zero-order chi connectivity index (χ0) is 23.6. The summed E-state index contributed by atoms with van der Waals surface area (Å²) in [4.78, 5) is 27.9. The van der Waals surface area contributed by atoms with Gasteiger partial charge in [0.05, 0.1) is 18.3 Å². The van der Waals surface area contributed by atoms with Gasteiger partial charge in [0.25, 0.3) is 0 Å². The van der Waals surface area contributed by atoms with E-state index in [9.17, 15) is 10.1 Å². The standard InChI is InChI=1S/C23H35N7O3/c1-23(2,3)33-22(31)29-10-11-30(17(12-24)14-29)20-18-7-8-25-13-19(18)26-21(27-20)32-15-16-6-5-9-28(16)4/h16-17,25H,5-11,13-15H2,1-4H3. The first-order valence-corrected chi connectivity index (χ1v) is 11.8. The summed E-state index contributed by atoms with van der Waals surface area (Å²) in [5.41, 5.74) is 1.41. The number of aromatic nitrogens is 2. The number of rotatable bonds is 4. The highest BCUT2D eigenvalue weighted by molar-refractivity contribution is 5.69. The average Bonchev–Trinajstić information content (AvgIpc) is 3.20. The van der Waals surface area contributed by atoms with E-state index in [0.717, 1.165) is 43.0 Å². The van der Waals surface area contributed by atoms with E-state index >= 15 is 0 Å². The third-order valence-electron chi connectivity index (χ3n) is 6.42. The summed E-state index contributed by atoms with van der Waals surface area (Å²) in [6.45, 7) is 9.89. The molecule has 0 saturated carbocycles.